The highest BCUT2D eigenvalue weighted by atomic mass is 32.2. The Morgan fingerprint density at radius 1 is 0.914 bits per heavy atom. The maximum absolute atomic E-state index is 12.6. The molecule has 1 saturated heterocycles. The van der Waals surface area contributed by atoms with Crippen molar-refractivity contribution in [2.45, 2.75) is 23.1 Å². The molecule has 0 radical (unpaired) electrons. The van der Waals surface area contributed by atoms with Crippen LogP contribution in [0.1, 0.15) is 33.9 Å². The van der Waals surface area contributed by atoms with E-state index in [1.54, 1.807) is 54.6 Å². The van der Waals surface area contributed by atoms with E-state index in [4.69, 9.17) is 0 Å². The van der Waals surface area contributed by atoms with Crippen LogP contribution in [0.3, 0.4) is 0 Å². The predicted molar refractivity (Wildman–Crippen MR) is 139 cm³/mol. The van der Waals surface area contributed by atoms with Crippen molar-refractivity contribution in [1.82, 2.24) is 15.1 Å². The number of benzene rings is 3. The minimum atomic E-state index is -3.41. The minimum absolute atomic E-state index is 0.0908. The summed E-state index contributed by atoms with van der Waals surface area (Å²) in [6.07, 6.45) is 0.867. The number of amides is 1. The molecule has 1 amide bonds. The van der Waals surface area contributed by atoms with Crippen LogP contribution < -0.4 is 5.32 Å². The van der Waals surface area contributed by atoms with Gasteiger partial charge in [0.2, 0.25) is 0 Å². The van der Waals surface area contributed by atoms with E-state index in [9.17, 15) is 13.2 Å². The van der Waals surface area contributed by atoms with Gasteiger partial charge in [0.25, 0.3) is 5.91 Å². The van der Waals surface area contributed by atoms with Crippen molar-refractivity contribution in [3.05, 3.63) is 102 Å². The Morgan fingerprint density at radius 3 is 2.26 bits per heavy atom. The van der Waals surface area contributed by atoms with Gasteiger partial charge in [0.05, 0.1) is 10.6 Å². The third-order valence-corrected chi connectivity index (χ3v) is 8.17. The number of likely N-dealkylation sites (N-methyl/N-ethyl adjacent to an activating group) is 1. The van der Waals surface area contributed by atoms with E-state index in [0.717, 1.165) is 32.6 Å². The van der Waals surface area contributed by atoms with Crippen molar-refractivity contribution in [3.8, 4) is 0 Å². The Kier molecular flexibility index (Phi) is 8.33. The van der Waals surface area contributed by atoms with Crippen molar-refractivity contribution >= 4 is 15.7 Å². The molecule has 1 atom stereocenters. The molecule has 184 valence electrons. The number of nitrogens with zero attached hydrogens (tertiary/aromatic N) is 2. The first kappa shape index (κ1) is 25.1. The fraction of sp³-hybridized carbons (Fsp3) is 0.321. The van der Waals surface area contributed by atoms with Gasteiger partial charge >= 0.3 is 0 Å². The molecule has 6 nitrogen and oxygen atoms in total. The Labute approximate surface area is 208 Å². The van der Waals surface area contributed by atoms with Gasteiger partial charge in [-0.2, -0.15) is 0 Å². The Morgan fingerprint density at radius 2 is 1.57 bits per heavy atom. The highest BCUT2D eigenvalue weighted by Crippen LogP contribution is 2.24. The zero-order valence-corrected chi connectivity index (χ0v) is 21.0. The lowest BCUT2D eigenvalue weighted by Gasteiger charge is -2.40. The second-order valence-electron chi connectivity index (χ2n) is 9.10. The molecule has 0 aromatic heterocycles. The van der Waals surface area contributed by atoms with Crippen LogP contribution in [0.25, 0.3) is 0 Å². The van der Waals surface area contributed by atoms with Gasteiger partial charge in [-0.25, -0.2) is 8.42 Å². The summed E-state index contributed by atoms with van der Waals surface area (Å²) in [6, 6.07) is 26.2. The normalized spacial score (nSPS) is 17.2. The van der Waals surface area contributed by atoms with Crippen LogP contribution in [0.15, 0.2) is 89.8 Å². The van der Waals surface area contributed by atoms with Crippen LogP contribution in [0, 0.1) is 0 Å². The summed E-state index contributed by atoms with van der Waals surface area (Å²) >= 11 is 0. The second-order valence-corrected chi connectivity index (χ2v) is 11.1. The molecule has 0 bridgehead atoms. The monoisotopic (exact) mass is 491 g/mol. The van der Waals surface area contributed by atoms with Crippen LogP contribution in [-0.4, -0.2) is 63.9 Å². The lowest BCUT2D eigenvalue weighted by Crippen LogP contribution is -2.47. The summed E-state index contributed by atoms with van der Waals surface area (Å²) in [5, 5.41) is 3.00. The number of carbonyl (C=O) groups is 1. The van der Waals surface area contributed by atoms with Crippen LogP contribution >= 0.6 is 0 Å². The van der Waals surface area contributed by atoms with Crippen molar-refractivity contribution < 1.29 is 13.2 Å². The van der Waals surface area contributed by atoms with Gasteiger partial charge in [0.1, 0.15) is 0 Å². The average molecular weight is 492 g/mol. The van der Waals surface area contributed by atoms with E-state index >= 15 is 0 Å². The molecule has 1 aliphatic heterocycles. The van der Waals surface area contributed by atoms with Gasteiger partial charge in [-0.1, -0.05) is 60.7 Å². The fourth-order valence-corrected chi connectivity index (χ4v) is 5.85. The van der Waals surface area contributed by atoms with E-state index in [2.05, 4.69) is 46.4 Å². The Balaban J connectivity index is 1.26. The quantitative estimate of drug-likeness (QED) is 0.462. The number of hydrogen-bond donors (Lipinski definition) is 1. The van der Waals surface area contributed by atoms with Crippen molar-refractivity contribution in [2.24, 2.45) is 0 Å². The fourth-order valence-electron chi connectivity index (χ4n) is 4.49. The molecule has 3 aromatic carbocycles. The molecule has 0 spiro atoms. The van der Waals surface area contributed by atoms with Crippen LogP contribution in [0.4, 0.5) is 0 Å². The summed E-state index contributed by atoms with van der Waals surface area (Å²) in [7, 11) is -1.25. The van der Waals surface area contributed by atoms with Crippen LogP contribution in [0.2, 0.25) is 0 Å². The van der Waals surface area contributed by atoms with Crippen molar-refractivity contribution in [3.63, 3.8) is 0 Å². The Bertz CT molecular complexity index is 1200. The van der Waals surface area contributed by atoms with Gasteiger partial charge in [-0.05, 0) is 48.9 Å². The maximum Gasteiger partial charge on any atom is 0.251 e. The third kappa shape index (κ3) is 6.78. The molecular formula is C28H33N3O3S. The molecule has 7 heteroatoms. The topological polar surface area (TPSA) is 69.7 Å². The average Bonchev–Trinajstić information content (AvgIpc) is 2.88. The highest BCUT2D eigenvalue weighted by molar-refractivity contribution is 7.90. The standard InChI is InChI=1S/C28H33N3O3S/c1-30-19-20-31(27(21-30)24-9-4-2-5-10-24)18-8-17-29-28(32)25-15-13-23(14-16-25)22-35(33,34)26-11-6-3-7-12-26/h2-7,9-16,27H,8,17-22H2,1H3,(H,29,32). The molecule has 1 unspecified atom stereocenters. The molecule has 1 heterocycles. The van der Waals surface area contributed by atoms with E-state index in [-0.39, 0.29) is 11.7 Å². The van der Waals surface area contributed by atoms with Gasteiger partial charge in [0, 0.05) is 44.3 Å². The van der Waals surface area contributed by atoms with Gasteiger partial charge in [0.15, 0.2) is 9.84 Å². The number of sulfone groups is 1. The first-order chi connectivity index (χ1) is 16.9. The number of carbonyl (C=O) groups excluding carboxylic acids is 1. The molecule has 1 N–H and O–H groups in total. The van der Waals surface area contributed by atoms with E-state index in [0.29, 0.717) is 28.6 Å². The van der Waals surface area contributed by atoms with E-state index in [1.807, 2.05) is 6.07 Å². The second kappa shape index (κ2) is 11.6. The van der Waals surface area contributed by atoms with Crippen LogP contribution in [-0.2, 0) is 15.6 Å². The van der Waals surface area contributed by atoms with Gasteiger partial charge in [-0.15, -0.1) is 0 Å². The SMILES string of the molecule is CN1CCN(CCCNC(=O)c2ccc(CS(=O)(=O)c3ccccc3)cc2)C(c2ccccc2)C1. The summed E-state index contributed by atoms with van der Waals surface area (Å²) < 4.78 is 25.1. The summed E-state index contributed by atoms with van der Waals surface area (Å²) in [5.74, 6) is -0.229. The van der Waals surface area contributed by atoms with Crippen molar-refractivity contribution in [1.29, 1.82) is 0 Å². The number of piperazine rings is 1. The zero-order valence-electron chi connectivity index (χ0n) is 20.1. The molecule has 1 fully saturated rings. The maximum atomic E-state index is 12.6. The summed E-state index contributed by atoms with van der Waals surface area (Å²) in [6.45, 7) is 4.57. The first-order valence-electron chi connectivity index (χ1n) is 12.0. The van der Waals surface area contributed by atoms with Crippen molar-refractivity contribution in [2.75, 3.05) is 39.8 Å². The largest absolute Gasteiger partial charge is 0.352 e. The lowest BCUT2D eigenvalue weighted by atomic mass is 10.0. The summed E-state index contributed by atoms with van der Waals surface area (Å²) in [5.41, 5.74) is 2.53. The van der Waals surface area contributed by atoms with E-state index < -0.39 is 9.84 Å². The molecule has 35 heavy (non-hydrogen) atoms. The molecule has 0 aliphatic carbocycles. The van der Waals surface area contributed by atoms with E-state index in [1.165, 1.54) is 5.56 Å². The summed E-state index contributed by atoms with van der Waals surface area (Å²) in [4.78, 5) is 17.8. The van der Waals surface area contributed by atoms with Gasteiger partial charge < -0.3 is 10.2 Å². The predicted octanol–water partition coefficient (Wildman–Crippen LogP) is 3.77. The smallest absolute Gasteiger partial charge is 0.251 e. The third-order valence-electron chi connectivity index (χ3n) is 6.46. The Hall–Kier alpha value is -3.00. The van der Waals surface area contributed by atoms with Gasteiger partial charge in [-0.3, -0.25) is 9.69 Å². The number of hydrogen-bond acceptors (Lipinski definition) is 5. The minimum Gasteiger partial charge on any atom is -0.352 e. The zero-order chi connectivity index (χ0) is 24.7. The molecule has 0 saturated carbocycles. The molecule has 3 aromatic rings. The first-order valence-corrected chi connectivity index (χ1v) is 13.7. The molecular weight excluding hydrogens is 458 g/mol. The number of rotatable bonds is 9. The molecule has 1 aliphatic rings. The number of nitrogens with one attached hydrogen (secondary N) is 1. The lowest BCUT2D eigenvalue weighted by molar-refractivity contribution is 0.0866. The van der Waals surface area contributed by atoms with Crippen LogP contribution in [0.5, 0.6) is 0 Å². The highest BCUT2D eigenvalue weighted by Gasteiger charge is 2.26. The molecule has 4 rings (SSSR count).